The molecule has 31 heavy (non-hydrogen) atoms. The Morgan fingerprint density at radius 3 is 2.16 bits per heavy atom. The van der Waals surface area contributed by atoms with Gasteiger partial charge < -0.3 is 20.3 Å². The molecule has 0 bridgehead atoms. The molecule has 4 rings (SSSR count). The highest BCUT2D eigenvalue weighted by Gasteiger charge is 2.30. The summed E-state index contributed by atoms with van der Waals surface area (Å²) in [5, 5.41) is 5.60. The minimum Gasteiger partial charge on any atom is -0.457 e. The van der Waals surface area contributed by atoms with E-state index >= 15 is 0 Å². The van der Waals surface area contributed by atoms with Gasteiger partial charge in [-0.25, -0.2) is 0 Å². The number of hydrogen-bond acceptors (Lipinski definition) is 5. The number of benzene rings is 2. The van der Waals surface area contributed by atoms with Crippen molar-refractivity contribution in [1.82, 2.24) is 15.1 Å². The fourth-order valence-corrected chi connectivity index (χ4v) is 3.36. The van der Waals surface area contributed by atoms with E-state index in [1.54, 1.807) is 29.2 Å². The monoisotopic (exact) mass is 422 g/mol. The molecule has 1 saturated carbocycles. The van der Waals surface area contributed by atoms with Gasteiger partial charge >= 0.3 is 11.8 Å². The summed E-state index contributed by atoms with van der Waals surface area (Å²) >= 11 is 0. The highest BCUT2D eigenvalue weighted by atomic mass is 16.5. The number of nitrogens with zero attached hydrogens (tertiary/aromatic N) is 2. The lowest BCUT2D eigenvalue weighted by Crippen LogP contribution is -2.53. The third-order valence-corrected chi connectivity index (χ3v) is 5.25. The molecule has 1 saturated heterocycles. The van der Waals surface area contributed by atoms with Crippen LogP contribution in [0.2, 0.25) is 0 Å². The van der Waals surface area contributed by atoms with Crippen LogP contribution in [-0.2, 0) is 14.4 Å². The quantitative estimate of drug-likeness (QED) is 0.694. The Kier molecular flexibility index (Phi) is 6.47. The van der Waals surface area contributed by atoms with E-state index in [1.807, 2.05) is 35.2 Å². The summed E-state index contributed by atoms with van der Waals surface area (Å²) in [6, 6.07) is 16.9. The second-order valence-corrected chi connectivity index (χ2v) is 7.80. The van der Waals surface area contributed by atoms with Crippen molar-refractivity contribution in [1.29, 1.82) is 0 Å². The number of piperazine rings is 1. The van der Waals surface area contributed by atoms with Crippen LogP contribution in [0.15, 0.2) is 54.6 Å². The summed E-state index contributed by atoms with van der Waals surface area (Å²) in [6.07, 6.45) is 1.90. The standard InChI is InChI=1S/C23H26N4O4/c28-21(24-17-8-10-20(11-9-17)31-19-4-2-1-3-5-19)16-26-12-14-27(15-13-26)23(30)22(29)25-18-6-7-18/h1-5,8-11,18H,6-7,12-16H2,(H,24,28)(H,25,29). The molecule has 8 heteroatoms. The zero-order valence-corrected chi connectivity index (χ0v) is 17.3. The molecule has 2 aromatic carbocycles. The predicted octanol–water partition coefficient (Wildman–Crippen LogP) is 1.84. The molecule has 0 spiro atoms. The molecule has 3 amide bonds. The molecule has 0 radical (unpaired) electrons. The maximum Gasteiger partial charge on any atom is 0.311 e. The Balaban J connectivity index is 1.19. The molecular weight excluding hydrogens is 396 g/mol. The van der Waals surface area contributed by atoms with Crippen LogP contribution >= 0.6 is 0 Å². The highest BCUT2D eigenvalue weighted by molar-refractivity contribution is 6.35. The number of para-hydroxylation sites is 1. The summed E-state index contributed by atoms with van der Waals surface area (Å²) in [4.78, 5) is 40.0. The fourth-order valence-electron chi connectivity index (χ4n) is 3.36. The number of rotatable bonds is 6. The second-order valence-electron chi connectivity index (χ2n) is 7.80. The molecule has 2 aliphatic rings. The Labute approximate surface area is 181 Å². The highest BCUT2D eigenvalue weighted by Crippen LogP contribution is 2.22. The number of nitrogens with one attached hydrogen (secondary N) is 2. The van der Waals surface area contributed by atoms with Gasteiger partial charge in [0, 0.05) is 37.9 Å². The van der Waals surface area contributed by atoms with Crippen molar-refractivity contribution in [2.45, 2.75) is 18.9 Å². The van der Waals surface area contributed by atoms with E-state index in [2.05, 4.69) is 10.6 Å². The van der Waals surface area contributed by atoms with Crippen LogP contribution in [0.4, 0.5) is 5.69 Å². The fraction of sp³-hybridized carbons (Fsp3) is 0.348. The molecular formula is C23H26N4O4. The van der Waals surface area contributed by atoms with Gasteiger partial charge in [-0.1, -0.05) is 18.2 Å². The molecule has 0 atom stereocenters. The van der Waals surface area contributed by atoms with Gasteiger partial charge in [-0.05, 0) is 49.2 Å². The summed E-state index contributed by atoms with van der Waals surface area (Å²) < 4.78 is 5.75. The van der Waals surface area contributed by atoms with E-state index in [0.717, 1.165) is 18.6 Å². The lowest BCUT2D eigenvalue weighted by Gasteiger charge is -2.33. The van der Waals surface area contributed by atoms with Gasteiger partial charge in [-0.15, -0.1) is 0 Å². The number of ether oxygens (including phenoxy) is 1. The number of hydrogen-bond donors (Lipinski definition) is 2. The van der Waals surface area contributed by atoms with Crippen LogP contribution in [-0.4, -0.2) is 66.3 Å². The van der Waals surface area contributed by atoms with Crippen molar-refractivity contribution in [2.24, 2.45) is 0 Å². The minimum absolute atomic E-state index is 0.122. The van der Waals surface area contributed by atoms with Crippen molar-refractivity contribution >= 4 is 23.4 Å². The summed E-state index contributed by atoms with van der Waals surface area (Å²) in [5.41, 5.74) is 0.691. The first-order valence-corrected chi connectivity index (χ1v) is 10.5. The van der Waals surface area contributed by atoms with E-state index < -0.39 is 11.8 Å². The summed E-state index contributed by atoms with van der Waals surface area (Å²) in [7, 11) is 0. The van der Waals surface area contributed by atoms with Crippen LogP contribution in [0.25, 0.3) is 0 Å². The summed E-state index contributed by atoms with van der Waals surface area (Å²) in [5.74, 6) is 0.322. The van der Waals surface area contributed by atoms with Gasteiger partial charge in [0.25, 0.3) is 0 Å². The second kappa shape index (κ2) is 9.61. The van der Waals surface area contributed by atoms with Crippen LogP contribution < -0.4 is 15.4 Å². The third-order valence-electron chi connectivity index (χ3n) is 5.25. The van der Waals surface area contributed by atoms with Crippen molar-refractivity contribution < 1.29 is 19.1 Å². The van der Waals surface area contributed by atoms with Crippen molar-refractivity contribution in [3.63, 3.8) is 0 Å². The van der Waals surface area contributed by atoms with Gasteiger partial charge in [0.1, 0.15) is 11.5 Å². The number of carbonyl (C=O) groups is 3. The van der Waals surface area contributed by atoms with Gasteiger partial charge in [0.05, 0.1) is 6.54 Å². The topological polar surface area (TPSA) is 91.0 Å². The lowest BCUT2D eigenvalue weighted by atomic mass is 10.2. The molecule has 1 aliphatic heterocycles. The molecule has 2 fully saturated rings. The van der Waals surface area contributed by atoms with E-state index in [-0.39, 0.29) is 18.5 Å². The van der Waals surface area contributed by atoms with E-state index in [4.69, 9.17) is 4.74 Å². The first kappa shape index (κ1) is 20.9. The molecule has 0 aromatic heterocycles. The molecule has 2 N–H and O–H groups in total. The van der Waals surface area contributed by atoms with E-state index in [1.165, 1.54) is 0 Å². The first-order valence-electron chi connectivity index (χ1n) is 10.5. The Bertz CT molecular complexity index is 920. The first-order chi connectivity index (χ1) is 15.1. The zero-order chi connectivity index (χ0) is 21.6. The summed E-state index contributed by atoms with van der Waals surface area (Å²) in [6.45, 7) is 2.23. The van der Waals surface area contributed by atoms with Crippen LogP contribution in [0.5, 0.6) is 11.5 Å². The van der Waals surface area contributed by atoms with Gasteiger partial charge in [0.15, 0.2) is 0 Å². The van der Waals surface area contributed by atoms with E-state index in [9.17, 15) is 14.4 Å². The number of amides is 3. The van der Waals surface area contributed by atoms with Crippen molar-refractivity contribution in [2.75, 3.05) is 38.0 Å². The van der Waals surface area contributed by atoms with Gasteiger partial charge in [-0.2, -0.15) is 0 Å². The molecule has 2 aromatic rings. The van der Waals surface area contributed by atoms with Crippen LogP contribution in [0.1, 0.15) is 12.8 Å². The third kappa shape index (κ3) is 6.05. The average molecular weight is 422 g/mol. The van der Waals surface area contributed by atoms with Crippen molar-refractivity contribution in [3.8, 4) is 11.5 Å². The zero-order valence-electron chi connectivity index (χ0n) is 17.3. The normalized spacial score (nSPS) is 16.5. The minimum atomic E-state index is -0.520. The van der Waals surface area contributed by atoms with E-state index in [0.29, 0.717) is 37.6 Å². The Hall–Kier alpha value is -3.39. The van der Waals surface area contributed by atoms with Crippen LogP contribution in [0.3, 0.4) is 0 Å². The van der Waals surface area contributed by atoms with Crippen molar-refractivity contribution in [3.05, 3.63) is 54.6 Å². The SMILES string of the molecule is O=C(CN1CCN(C(=O)C(=O)NC2CC2)CC1)Nc1ccc(Oc2ccccc2)cc1. The molecule has 1 heterocycles. The lowest BCUT2D eigenvalue weighted by molar-refractivity contribution is -0.147. The smallest absolute Gasteiger partial charge is 0.311 e. The molecule has 0 unspecified atom stereocenters. The predicted molar refractivity (Wildman–Crippen MR) is 116 cm³/mol. The number of carbonyl (C=O) groups excluding carboxylic acids is 3. The average Bonchev–Trinajstić information content (AvgIpc) is 3.60. The Morgan fingerprint density at radius 2 is 1.52 bits per heavy atom. The largest absolute Gasteiger partial charge is 0.457 e. The number of anilines is 1. The van der Waals surface area contributed by atoms with Gasteiger partial charge in [-0.3, -0.25) is 19.3 Å². The maximum atomic E-state index is 12.4. The van der Waals surface area contributed by atoms with Gasteiger partial charge in [0.2, 0.25) is 5.91 Å². The van der Waals surface area contributed by atoms with Crippen LogP contribution in [0, 0.1) is 0 Å². The Morgan fingerprint density at radius 1 is 0.871 bits per heavy atom. The molecule has 8 nitrogen and oxygen atoms in total. The molecule has 1 aliphatic carbocycles. The maximum absolute atomic E-state index is 12.4. The molecule has 162 valence electrons.